The molecule has 45 heavy (non-hydrogen) atoms. The number of benzene rings is 2. The molecule has 0 amide bonds. The number of morpholine rings is 2. The molecule has 10 heteroatoms. The molecule has 2 aliphatic rings. The van der Waals surface area contributed by atoms with Gasteiger partial charge in [-0.05, 0) is 90.0 Å². The first-order valence-electron chi connectivity index (χ1n) is 16.6. The molecule has 2 aliphatic heterocycles. The summed E-state index contributed by atoms with van der Waals surface area (Å²) in [6.45, 7) is 21.5. The van der Waals surface area contributed by atoms with Crippen molar-refractivity contribution in [2.45, 2.75) is 51.6 Å². The Morgan fingerprint density at radius 3 is 1.78 bits per heavy atom. The molecule has 0 spiro atoms. The average Bonchev–Trinajstić information content (AvgIpc) is 3.45. The monoisotopic (exact) mass is 623 g/mol. The van der Waals surface area contributed by atoms with Gasteiger partial charge in [-0.1, -0.05) is 0 Å². The molecule has 2 aromatic carbocycles. The van der Waals surface area contributed by atoms with Crippen molar-refractivity contribution in [3.63, 3.8) is 0 Å². The molecule has 3 aromatic rings. The molecule has 5 rings (SSSR count). The molecule has 0 unspecified atom stereocenters. The lowest BCUT2D eigenvalue weighted by atomic mass is 10.0. The summed E-state index contributed by atoms with van der Waals surface area (Å²) in [4.78, 5) is 9.62. The largest absolute Gasteiger partial charge is 0.494 e. The highest BCUT2D eigenvalue weighted by atomic mass is 16.5. The van der Waals surface area contributed by atoms with Gasteiger partial charge in [-0.15, -0.1) is 0 Å². The molecule has 0 radical (unpaired) electrons. The summed E-state index contributed by atoms with van der Waals surface area (Å²) in [6, 6.07) is 13.8. The maximum Gasteiger partial charge on any atom is 0.227 e. The van der Waals surface area contributed by atoms with E-state index in [1.54, 1.807) is 0 Å². The standard InChI is InChI=1S/C35H53N5O5/c1-34(2,26-39-15-21-41-22-16-39)36-13-5-19-43-29-9-7-28(8-10-29)33-38-31-12-11-30(25-32(31)45-33)44-20-6-14-37-35(3,4)27-40-17-23-42-24-18-40/h7-12,25,36-37H,5-6,13-24,26-27H2,1-4H3. The molecule has 248 valence electrons. The SMILES string of the molecule is CC(C)(CN1CCOCC1)NCCCOc1ccc(-c2nc3ccc(OCCCNC(C)(C)CN4CCOCC4)cc3o2)cc1. The van der Waals surface area contributed by atoms with E-state index in [9.17, 15) is 0 Å². The highest BCUT2D eigenvalue weighted by molar-refractivity contribution is 5.77. The first kappa shape index (κ1) is 33.6. The average molecular weight is 624 g/mol. The predicted molar refractivity (Wildman–Crippen MR) is 178 cm³/mol. The lowest BCUT2D eigenvalue weighted by Gasteiger charge is -2.35. The number of oxazole rings is 1. The maximum absolute atomic E-state index is 6.10. The third kappa shape index (κ3) is 10.9. The van der Waals surface area contributed by atoms with E-state index in [1.165, 1.54) is 0 Å². The summed E-state index contributed by atoms with van der Waals surface area (Å²) >= 11 is 0. The lowest BCUT2D eigenvalue weighted by Crippen LogP contribution is -2.52. The maximum atomic E-state index is 6.10. The van der Waals surface area contributed by atoms with Crippen molar-refractivity contribution in [2.24, 2.45) is 0 Å². The summed E-state index contributed by atoms with van der Waals surface area (Å²) in [5.41, 5.74) is 2.56. The summed E-state index contributed by atoms with van der Waals surface area (Å²) in [6.07, 6.45) is 1.86. The number of nitrogens with one attached hydrogen (secondary N) is 2. The number of fused-ring (bicyclic) bond motifs is 1. The van der Waals surface area contributed by atoms with Gasteiger partial charge in [-0.3, -0.25) is 9.80 Å². The van der Waals surface area contributed by atoms with Gasteiger partial charge in [-0.25, -0.2) is 4.98 Å². The molecule has 0 bridgehead atoms. The number of nitrogens with zero attached hydrogens (tertiary/aromatic N) is 3. The van der Waals surface area contributed by atoms with Crippen molar-refractivity contribution in [3.05, 3.63) is 42.5 Å². The molecule has 1 aromatic heterocycles. The normalized spacial score (nSPS) is 17.2. The third-order valence-electron chi connectivity index (χ3n) is 8.29. The van der Waals surface area contributed by atoms with E-state index in [-0.39, 0.29) is 11.1 Å². The second-order valence-electron chi connectivity index (χ2n) is 13.5. The van der Waals surface area contributed by atoms with Crippen LogP contribution in [0.1, 0.15) is 40.5 Å². The molecule has 2 fully saturated rings. The van der Waals surface area contributed by atoms with Crippen LogP contribution in [-0.2, 0) is 9.47 Å². The van der Waals surface area contributed by atoms with Crippen LogP contribution in [0.3, 0.4) is 0 Å². The minimum absolute atomic E-state index is 0.0505. The van der Waals surface area contributed by atoms with Crippen LogP contribution in [0.4, 0.5) is 0 Å². The van der Waals surface area contributed by atoms with Crippen molar-refractivity contribution >= 4 is 11.1 Å². The minimum atomic E-state index is 0.0505. The van der Waals surface area contributed by atoms with Crippen molar-refractivity contribution in [1.29, 1.82) is 0 Å². The van der Waals surface area contributed by atoms with Gasteiger partial charge >= 0.3 is 0 Å². The summed E-state index contributed by atoms with van der Waals surface area (Å²) < 4.78 is 29.1. The molecule has 2 N–H and O–H groups in total. The quantitative estimate of drug-likeness (QED) is 0.210. The van der Waals surface area contributed by atoms with Crippen LogP contribution in [0.15, 0.2) is 46.9 Å². The van der Waals surface area contributed by atoms with Crippen LogP contribution in [0, 0.1) is 0 Å². The van der Waals surface area contributed by atoms with E-state index in [2.05, 4.69) is 53.1 Å². The predicted octanol–water partition coefficient (Wildman–Crippen LogP) is 4.43. The molecule has 0 aliphatic carbocycles. The Morgan fingerprint density at radius 1 is 0.711 bits per heavy atom. The van der Waals surface area contributed by atoms with Gasteiger partial charge in [-0.2, -0.15) is 0 Å². The zero-order valence-electron chi connectivity index (χ0n) is 27.7. The molecular weight excluding hydrogens is 570 g/mol. The number of ether oxygens (including phenoxy) is 4. The Hall–Kier alpha value is -2.73. The number of hydrogen-bond donors (Lipinski definition) is 2. The van der Waals surface area contributed by atoms with Gasteiger partial charge in [0.25, 0.3) is 0 Å². The molecule has 0 atom stereocenters. The Morgan fingerprint density at radius 2 is 1.22 bits per heavy atom. The smallest absolute Gasteiger partial charge is 0.227 e. The van der Waals surface area contributed by atoms with Crippen LogP contribution < -0.4 is 20.1 Å². The van der Waals surface area contributed by atoms with Gasteiger partial charge in [0.1, 0.15) is 17.0 Å². The number of aromatic nitrogens is 1. The second-order valence-corrected chi connectivity index (χ2v) is 13.5. The molecule has 10 nitrogen and oxygen atoms in total. The van der Waals surface area contributed by atoms with Crippen molar-refractivity contribution < 1.29 is 23.4 Å². The van der Waals surface area contributed by atoms with E-state index in [1.807, 2.05) is 42.5 Å². The van der Waals surface area contributed by atoms with E-state index < -0.39 is 0 Å². The van der Waals surface area contributed by atoms with Crippen LogP contribution in [0.2, 0.25) is 0 Å². The van der Waals surface area contributed by atoms with Crippen molar-refractivity contribution in [2.75, 3.05) is 92.0 Å². The van der Waals surface area contributed by atoms with Gasteiger partial charge in [0.15, 0.2) is 5.58 Å². The van der Waals surface area contributed by atoms with Crippen molar-refractivity contribution in [3.8, 4) is 23.0 Å². The number of hydrogen-bond acceptors (Lipinski definition) is 10. The summed E-state index contributed by atoms with van der Waals surface area (Å²) in [5.74, 6) is 2.23. The first-order chi connectivity index (χ1) is 21.7. The molecule has 0 saturated carbocycles. The third-order valence-corrected chi connectivity index (χ3v) is 8.29. The molecule has 2 saturated heterocycles. The van der Waals surface area contributed by atoms with Gasteiger partial charge < -0.3 is 34.0 Å². The Balaban J connectivity index is 1.01. The second kappa shape index (κ2) is 16.2. The summed E-state index contributed by atoms with van der Waals surface area (Å²) in [7, 11) is 0. The fraction of sp³-hybridized carbons (Fsp3) is 0.629. The fourth-order valence-electron chi connectivity index (χ4n) is 5.94. The first-order valence-corrected chi connectivity index (χ1v) is 16.6. The van der Waals surface area contributed by atoms with E-state index in [0.29, 0.717) is 19.1 Å². The highest BCUT2D eigenvalue weighted by Crippen LogP contribution is 2.28. The highest BCUT2D eigenvalue weighted by Gasteiger charge is 2.23. The number of rotatable bonds is 17. The Kier molecular flexibility index (Phi) is 12.1. The topological polar surface area (TPSA) is 93.5 Å². The van der Waals surface area contributed by atoms with Crippen LogP contribution in [0.5, 0.6) is 11.5 Å². The van der Waals surface area contributed by atoms with Gasteiger partial charge in [0, 0.05) is 62.0 Å². The fourth-order valence-corrected chi connectivity index (χ4v) is 5.94. The molecule has 3 heterocycles. The van der Waals surface area contributed by atoms with E-state index in [4.69, 9.17) is 23.4 Å². The van der Waals surface area contributed by atoms with Crippen LogP contribution in [0.25, 0.3) is 22.6 Å². The van der Waals surface area contributed by atoms with E-state index in [0.717, 1.165) is 120 Å². The van der Waals surface area contributed by atoms with Crippen molar-refractivity contribution in [1.82, 2.24) is 25.4 Å². The Labute approximate surface area is 268 Å². The lowest BCUT2D eigenvalue weighted by molar-refractivity contribution is 0.0268. The summed E-state index contributed by atoms with van der Waals surface area (Å²) in [5, 5.41) is 7.35. The van der Waals surface area contributed by atoms with Crippen LogP contribution in [-0.4, -0.2) is 118 Å². The van der Waals surface area contributed by atoms with Gasteiger partial charge in [0.05, 0.1) is 39.6 Å². The zero-order valence-corrected chi connectivity index (χ0v) is 27.7. The Bertz CT molecular complexity index is 1300. The molecular formula is C35H53N5O5. The van der Waals surface area contributed by atoms with Gasteiger partial charge in [0.2, 0.25) is 5.89 Å². The van der Waals surface area contributed by atoms with E-state index >= 15 is 0 Å². The van der Waals surface area contributed by atoms with Crippen LogP contribution >= 0.6 is 0 Å². The minimum Gasteiger partial charge on any atom is -0.494 e. The zero-order chi connectivity index (χ0) is 31.5.